The van der Waals surface area contributed by atoms with Crippen LogP contribution in [0.25, 0.3) is 0 Å². The number of ether oxygens (including phenoxy) is 1. The molecular formula is C36H39Cl2N3O5S. The van der Waals surface area contributed by atoms with Crippen LogP contribution in [-0.4, -0.2) is 49.9 Å². The monoisotopic (exact) mass is 695 g/mol. The first-order valence-corrected chi connectivity index (χ1v) is 17.4. The second-order valence-electron chi connectivity index (χ2n) is 11.9. The topological polar surface area (TPSA) is 96.0 Å². The smallest absolute Gasteiger partial charge is 0.264 e. The van der Waals surface area contributed by atoms with Crippen molar-refractivity contribution in [1.29, 1.82) is 0 Å². The molecule has 0 aliphatic heterocycles. The van der Waals surface area contributed by atoms with E-state index in [0.717, 1.165) is 9.87 Å². The highest BCUT2D eigenvalue weighted by molar-refractivity contribution is 7.92. The lowest BCUT2D eigenvalue weighted by molar-refractivity contribution is -0.140. The fourth-order valence-corrected chi connectivity index (χ4v) is 6.78. The highest BCUT2D eigenvalue weighted by atomic mass is 35.5. The standard InChI is InChI=1S/C36H39Cl2N3O5S/c1-5-46-33-19-13-12-18-31(33)41(47(44,45)28-16-10-7-11-17-28)25-34(42)40(24-27-20-21-29(37)30(38)22-27)32(35(43)39-36(2,3)4)23-26-14-8-6-9-15-26/h6-22,32H,5,23-25H2,1-4H3,(H,39,43). The molecule has 0 aliphatic carbocycles. The Kier molecular flexibility index (Phi) is 12.0. The molecule has 8 nitrogen and oxygen atoms in total. The van der Waals surface area contributed by atoms with Crippen LogP contribution in [0.3, 0.4) is 0 Å². The maximum absolute atomic E-state index is 14.7. The summed E-state index contributed by atoms with van der Waals surface area (Å²) in [5, 5.41) is 3.64. The first kappa shape index (κ1) is 35.8. The van der Waals surface area contributed by atoms with Crippen molar-refractivity contribution in [2.24, 2.45) is 0 Å². The minimum atomic E-state index is -4.28. The van der Waals surface area contributed by atoms with E-state index in [-0.39, 0.29) is 41.1 Å². The zero-order valence-corrected chi connectivity index (χ0v) is 29.1. The number of carbonyl (C=O) groups excluding carboxylic acids is 2. The lowest BCUT2D eigenvalue weighted by Gasteiger charge is -2.35. The third-order valence-electron chi connectivity index (χ3n) is 7.15. The first-order chi connectivity index (χ1) is 22.3. The normalized spacial score (nSPS) is 12.2. The summed E-state index contributed by atoms with van der Waals surface area (Å²) in [6.45, 7) is 6.98. The Balaban J connectivity index is 1.86. The predicted molar refractivity (Wildman–Crippen MR) is 187 cm³/mol. The van der Waals surface area contributed by atoms with E-state index < -0.39 is 34.1 Å². The number of nitrogens with zero attached hydrogens (tertiary/aromatic N) is 2. The largest absolute Gasteiger partial charge is 0.492 e. The number of nitrogens with one attached hydrogen (secondary N) is 1. The summed E-state index contributed by atoms with van der Waals surface area (Å²) in [4.78, 5) is 30.1. The van der Waals surface area contributed by atoms with E-state index in [0.29, 0.717) is 16.3 Å². The highest BCUT2D eigenvalue weighted by Crippen LogP contribution is 2.33. The van der Waals surface area contributed by atoms with Crippen LogP contribution in [0, 0.1) is 0 Å². The number of para-hydroxylation sites is 2. The van der Waals surface area contributed by atoms with Crippen molar-refractivity contribution in [1.82, 2.24) is 10.2 Å². The van der Waals surface area contributed by atoms with E-state index in [1.807, 2.05) is 51.1 Å². The number of carbonyl (C=O) groups is 2. The number of rotatable bonds is 13. The molecule has 1 unspecified atom stereocenters. The molecule has 1 N–H and O–H groups in total. The van der Waals surface area contributed by atoms with Crippen LogP contribution in [0.4, 0.5) is 5.69 Å². The second kappa shape index (κ2) is 15.7. The molecular weight excluding hydrogens is 657 g/mol. The number of halogens is 2. The molecule has 4 rings (SSSR count). The summed E-state index contributed by atoms with van der Waals surface area (Å²) in [5.41, 5.74) is 1.02. The number of benzene rings is 4. The molecule has 248 valence electrons. The summed E-state index contributed by atoms with van der Waals surface area (Å²) in [6.07, 6.45) is 0.177. The summed E-state index contributed by atoms with van der Waals surface area (Å²) in [5.74, 6) is -0.696. The zero-order valence-electron chi connectivity index (χ0n) is 26.8. The summed E-state index contributed by atoms with van der Waals surface area (Å²) >= 11 is 12.6. The Morgan fingerprint density at radius 3 is 2.06 bits per heavy atom. The minimum absolute atomic E-state index is 0.00134. The molecule has 11 heteroatoms. The van der Waals surface area contributed by atoms with Crippen LogP contribution in [0.15, 0.2) is 108 Å². The van der Waals surface area contributed by atoms with Gasteiger partial charge in [0, 0.05) is 18.5 Å². The molecule has 0 aromatic heterocycles. The SMILES string of the molecule is CCOc1ccccc1N(CC(=O)N(Cc1ccc(Cl)c(Cl)c1)C(Cc1ccccc1)C(=O)NC(C)(C)C)S(=O)(=O)c1ccccc1. The van der Waals surface area contributed by atoms with Gasteiger partial charge in [-0.25, -0.2) is 8.42 Å². The Morgan fingerprint density at radius 1 is 0.830 bits per heavy atom. The van der Waals surface area contributed by atoms with E-state index in [4.69, 9.17) is 27.9 Å². The molecule has 0 radical (unpaired) electrons. The van der Waals surface area contributed by atoms with E-state index in [1.54, 1.807) is 67.6 Å². The highest BCUT2D eigenvalue weighted by Gasteiger charge is 2.36. The number of sulfonamides is 1. The number of hydrogen-bond acceptors (Lipinski definition) is 5. The van der Waals surface area contributed by atoms with Gasteiger partial charge in [-0.05, 0) is 75.2 Å². The molecule has 4 aromatic carbocycles. The summed E-state index contributed by atoms with van der Waals surface area (Å²) in [7, 11) is -4.28. The van der Waals surface area contributed by atoms with Gasteiger partial charge in [0.15, 0.2) is 0 Å². The Morgan fingerprint density at radius 2 is 1.45 bits per heavy atom. The van der Waals surface area contributed by atoms with Crippen molar-refractivity contribution >= 4 is 50.7 Å². The van der Waals surface area contributed by atoms with Crippen LogP contribution in [0.5, 0.6) is 5.75 Å². The van der Waals surface area contributed by atoms with Crippen LogP contribution in [-0.2, 0) is 32.6 Å². The molecule has 0 bridgehead atoms. The minimum Gasteiger partial charge on any atom is -0.492 e. The molecule has 0 saturated heterocycles. The van der Waals surface area contributed by atoms with Gasteiger partial charge < -0.3 is 15.0 Å². The third kappa shape index (κ3) is 9.50. The number of anilines is 1. The fourth-order valence-electron chi connectivity index (χ4n) is 5.02. The van der Waals surface area contributed by atoms with Crippen LogP contribution in [0.1, 0.15) is 38.8 Å². The summed E-state index contributed by atoms with van der Waals surface area (Å²) in [6, 6.07) is 27.8. The van der Waals surface area contributed by atoms with E-state index >= 15 is 0 Å². The molecule has 4 aromatic rings. The molecule has 0 spiro atoms. The van der Waals surface area contributed by atoms with Gasteiger partial charge in [-0.3, -0.25) is 13.9 Å². The predicted octanol–water partition coefficient (Wildman–Crippen LogP) is 7.14. The molecule has 0 heterocycles. The fraction of sp³-hybridized carbons (Fsp3) is 0.278. The quantitative estimate of drug-likeness (QED) is 0.160. The van der Waals surface area contributed by atoms with E-state index in [9.17, 15) is 18.0 Å². The summed E-state index contributed by atoms with van der Waals surface area (Å²) < 4.78 is 35.4. The van der Waals surface area contributed by atoms with Gasteiger partial charge in [0.2, 0.25) is 11.8 Å². The molecule has 1 atom stereocenters. The van der Waals surface area contributed by atoms with Crippen molar-refractivity contribution in [3.05, 3.63) is 124 Å². The second-order valence-corrected chi connectivity index (χ2v) is 14.6. The van der Waals surface area contributed by atoms with Gasteiger partial charge in [0.1, 0.15) is 18.3 Å². The molecule has 0 aliphatic rings. The van der Waals surface area contributed by atoms with Crippen molar-refractivity contribution in [3.8, 4) is 5.75 Å². The van der Waals surface area contributed by atoms with Crippen LogP contribution < -0.4 is 14.4 Å². The third-order valence-corrected chi connectivity index (χ3v) is 9.66. The maximum Gasteiger partial charge on any atom is 0.264 e. The van der Waals surface area contributed by atoms with Gasteiger partial charge >= 0.3 is 0 Å². The maximum atomic E-state index is 14.7. The lowest BCUT2D eigenvalue weighted by Crippen LogP contribution is -2.56. The van der Waals surface area contributed by atoms with Crippen molar-refractivity contribution in [2.45, 2.75) is 57.1 Å². The van der Waals surface area contributed by atoms with E-state index in [2.05, 4.69) is 5.32 Å². The molecule has 0 saturated carbocycles. The number of amides is 2. The molecule has 47 heavy (non-hydrogen) atoms. The Hall–Kier alpha value is -4.05. The van der Waals surface area contributed by atoms with Crippen LogP contribution >= 0.6 is 23.2 Å². The van der Waals surface area contributed by atoms with Gasteiger partial charge in [-0.1, -0.05) is 89.9 Å². The molecule has 0 fully saturated rings. The van der Waals surface area contributed by atoms with Gasteiger partial charge in [0.25, 0.3) is 10.0 Å². The Bertz CT molecular complexity index is 1780. The molecule has 2 amide bonds. The Labute approximate surface area is 287 Å². The van der Waals surface area contributed by atoms with Gasteiger partial charge in [0.05, 0.1) is 27.2 Å². The van der Waals surface area contributed by atoms with Gasteiger partial charge in [-0.15, -0.1) is 0 Å². The van der Waals surface area contributed by atoms with E-state index in [1.165, 1.54) is 17.0 Å². The lowest BCUT2D eigenvalue weighted by atomic mass is 10.0. The average molecular weight is 697 g/mol. The van der Waals surface area contributed by atoms with Crippen molar-refractivity contribution in [2.75, 3.05) is 17.5 Å². The number of hydrogen-bond donors (Lipinski definition) is 1. The van der Waals surface area contributed by atoms with Gasteiger partial charge in [-0.2, -0.15) is 0 Å². The van der Waals surface area contributed by atoms with Crippen molar-refractivity contribution in [3.63, 3.8) is 0 Å². The first-order valence-electron chi connectivity index (χ1n) is 15.2. The van der Waals surface area contributed by atoms with Crippen LogP contribution in [0.2, 0.25) is 10.0 Å². The average Bonchev–Trinajstić information content (AvgIpc) is 3.03. The van der Waals surface area contributed by atoms with Crippen molar-refractivity contribution < 1.29 is 22.7 Å². The zero-order chi connectivity index (χ0) is 34.2.